The minimum atomic E-state index is -0.130. The van der Waals surface area contributed by atoms with Crippen molar-refractivity contribution in [3.05, 3.63) is 95.8 Å². The Hall–Kier alpha value is -3.14. The van der Waals surface area contributed by atoms with Crippen LogP contribution in [0.1, 0.15) is 34.5 Å². The molecule has 1 fully saturated rings. The summed E-state index contributed by atoms with van der Waals surface area (Å²) in [5.74, 6) is 0.596. The monoisotopic (exact) mass is 385 g/mol. The first-order chi connectivity index (χ1) is 14.3. The maximum absolute atomic E-state index is 12.5. The molecule has 2 heterocycles. The molecule has 4 rings (SSSR count). The summed E-state index contributed by atoms with van der Waals surface area (Å²) < 4.78 is 0. The Morgan fingerprint density at radius 1 is 0.931 bits per heavy atom. The lowest BCUT2D eigenvalue weighted by Gasteiger charge is -2.33. The molecule has 0 aliphatic carbocycles. The first-order valence-electron chi connectivity index (χ1n) is 10.3. The van der Waals surface area contributed by atoms with E-state index in [-0.39, 0.29) is 5.91 Å². The van der Waals surface area contributed by atoms with E-state index in [9.17, 15) is 4.79 Å². The van der Waals surface area contributed by atoms with Crippen LogP contribution in [0.4, 0.5) is 5.69 Å². The van der Waals surface area contributed by atoms with Crippen LogP contribution in [0.2, 0.25) is 0 Å². The van der Waals surface area contributed by atoms with E-state index < -0.39 is 0 Å². The normalized spacial score (nSPS) is 14.6. The number of benzene rings is 2. The Bertz CT molecular complexity index is 919. The van der Waals surface area contributed by atoms with Crippen molar-refractivity contribution in [1.82, 2.24) is 10.3 Å². The molecule has 1 aliphatic heterocycles. The fourth-order valence-electron chi connectivity index (χ4n) is 3.95. The number of rotatable bonds is 6. The average molecular weight is 386 g/mol. The summed E-state index contributed by atoms with van der Waals surface area (Å²) in [6, 6.07) is 24.6. The molecule has 1 aromatic heterocycles. The van der Waals surface area contributed by atoms with Gasteiger partial charge in [-0.3, -0.25) is 9.78 Å². The summed E-state index contributed by atoms with van der Waals surface area (Å²) >= 11 is 0. The second-order valence-electron chi connectivity index (χ2n) is 7.69. The minimum Gasteiger partial charge on any atom is -0.371 e. The Labute approximate surface area is 172 Å². The van der Waals surface area contributed by atoms with Gasteiger partial charge in [-0.05, 0) is 48.4 Å². The van der Waals surface area contributed by atoms with Crippen molar-refractivity contribution in [2.75, 3.05) is 18.0 Å². The Kier molecular flexibility index (Phi) is 6.20. The number of nitrogens with one attached hydrogen (secondary N) is 1. The summed E-state index contributed by atoms with van der Waals surface area (Å²) in [7, 11) is 0. The molecule has 0 bridgehead atoms. The molecule has 0 radical (unpaired) electrons. The summed E-state index contributed by atoms with van der Waals surface area (Å²) in [5, 5.41) is 2.96. The van der Waals surface area contributed by atoms with Crippen molar-refractivity contribution >= 4 is 11.6 Å². The van der Waals surface area contributed by atoms with Gasteiger partial charge in [0.2, 0.25) is 0 Å². The average Bonchev–Trinajstić information content (AvgIpc) is 2.79. The van der Waals surface area contributed by atoms with Crippen molar-refractivity contribution < 1.29 is 4.79 Å². The minimum absolute atomic E-state index is 0.130. The SMILES string of the molecule is O=C(NCc1ccccc1)c1cc(N2CCC(Cc3ccccc3)CC2)ccn1. The first kappa shape index (κ1) is 19.2. The topological polar surface area (TPSA) is 45.2 Å². The van der Waals surface area contributed by atoms with Gasteiger partial charge < -0.3 is 10.2 Å². The number of piperidine rings is 1. The molecule has 1 N–H and O–H groups in total. The van der Waals surface area contributed by atoms with Crippen LogP contribution in [0, 0.1) is 5.92 Å². The van der Waals surface area contributed by atoms with Gasteiger partial charge in [0.05, 0.1) is 0 Å². The highest BCUT2D eigenvalue weighted by Crippen LogP contribution is 2.26. The van der Waals surface area contributed by atoms with E-state index in [1.54, 1.807) is 6.20 Å². The maximum Gasteiger partial charge on any atom is 0.270 e. The molecule has 29 heavy (non-hydrogen) atoms. The third kappa shape index (κ3) is 5.23. The molecular weight excluding hydrogens is 358 g/mol. The molecule has 1 amide bonds. The quantitative estimate of drug-likeness (QED) is 0.681. The van der Waals surface area contributed by atoms with Crippen molar-refractivity contribution in [3.8, 4) is 0 Å². The standard InChI is InChI=1S/C25H27N3O/c29-25(27-19-22-9-5-2-6-10-22)24-18-23(11-14-26-24)28-15-12-21(13-16-28)17-20-7-3-1-4-8-20/h1-11,14,18,21H,12-13,15-17,19H2,(H,27,29). The van der Waals surface area contributed by atoms with Gasteiger partial charge in [-0.1, -0.05) is 60.7 Å². The van der Waals surface area contributed by atoms with Crippen molar-refractivity contribution in [1.29, 1.82) is 0 Å². The molecule has 0 saturated carbocycles. The van der Waals surface area contributed by atoms with E-state index in [0.717, 1.165) is 36.7 Å². The number of pyridine rings is 1. The summed E-state index contributed by atoms with van der Waals surface area (Å²) in [6.07, 6.45) is 5.24. The van der Waals surface area contributed by atoms with Crippen molar-refractivity contribution in [3.63, 3.8) is 0 Å². The smallest absolute Gasteiger partial charge is 0.270 e. The van der Waals surface area contributed by atoms with Crippen LogP contribution < -0.4 is 10.2 Å². The van der Waals surface area contributed by atoms with Gasteiger partial charge in [0.1, 0.15) is 5.69 Å². The molecule has 3 aromatic rings. The third-order valence-electron chi connectivity index (χ3n) is 5.62. The zero-order valence-corrected chi connectivity index (χ0v) is 16.6. The van der Waals surface area contributed by atoms with E-state index in [1.807, 2.05) is 42.5 Å². The largest absolute Gasteiger partial charge is 0.371 e. The number of nitrogens with zero attached hydrogens (tertiary/aromatic N) is 2. The fraction of sp³-hybridized carbons (Fsp3) is 0.280. The van der Waals surface area contributed by atoms with Crippen LogP contribution in [0.5, 0.6) is 0 Å². The third-order valence-corrected chi connectivity index (χ3v) is 5.62. The van der Waals surface area contributed by atoms with E-state index in [1.165, 1.54) is 18.4 Å². The molecule has 148 valence electrons. The summed E-state index contributed by atoms with van der Waals surface area (Å²) in [5.41, 5.74) is 4.07. The molecule has 1 saturated heterocycles. The Balaban J connectivity index is 1.32. The predicted octanol–water partition coefficient (Wildman–Crippen LogP) is 4.47. The highest BCUT2D eigenvalue weighted by Gasteiger charge is 2.20. The van der Waals surface area contributed by atoms with Gasteiger partial charge >= 0.3 is 0 Å². The van der Waals surface area contributed by atoms with Crippen LogP contribution in [-0.2, 0) is 13.0 Å². The summed E-state index contributed by atoms with van der Waals surface area (Å²) in [4.78, 5) is 19.2. The molecular formula is C25H27N3O. The van der Waals surface area contributed by atoms with Gasteiger partial charge in [0.25, 0.3) is 5.91 Å². The van der Waals surface area contributed by atoms with E-state index in [0.29, 0.717) is 12.2 Å². The second kappa shape index (κ2) is 9.37. The van der Waals surface area contributed by atoms with Crippen LogP contribution >= 0.6 is 0 Å². The molecule has 1 aliphatic rings. The van der Waals surface area contributed by atoms with Gasteiger partial charge in [-0.2, -0.15) is 0 Å². The van der Waals surface area contributed by atoms with Gasteiger partial charge in [-0.25, -0.2) is 0 Å². The molecule has 0 atom stereocenters. The number of carbonyl (C=O) groups excluding carboxylic acids is 1. The van der Waals surface area contributed by atoms with Crippen LogP contribution in [0.25, 0.3) is 0 Å². The van der Waals surface area contributed by atoms with E-state index >= 15 is 0 Å². The van der Waals surface area contributed by atoms with Gasteiger partial charge in [-0.15, -0.1) is 0 Å². The number of aromatic nitrogens is 1. The lowest BCUT2D eigenvalue weighted by molar-refractivity contribution is 0.0946. The van der Waals surface area contributed by atoms with Crippen LogP contribution in [0.15, 0.2) is 79.0 Å². The molecule has 2 aromatic carbocycles. The molecule has 4 nitrogen and oxygen atoms in total. The highest BCUT2D eigenvalue weighted by atomic mass is 16.1. The first-order valence-corrected chi connectivity index (χ1v) is 10.3. The Morgan fingerprint density at radius 2 is 1.59 bits per heavy atom. The number of amides is 1. The number of anilines is 1. The van der Waals surface area contributed by atoms with Crippen molar-refractivity contribution in [2.45, 2.75) is 25.8 Å². The highest BCUT2D eigenvalue weighted by molar-refractivity contribution is 5.93. The zero-order valence-electron chi connectivity index (χ0n) is 16.6. The summed E-state index contributed by atoms with van der Waals surface area (Å²) in [6.45, 7) is 2.55. The van der Waals surface area contributed by atoms with Crippen molar-refractivity contribution in [2.24, 2.45) is 5.92 Å². The molecule has 0 unspecified atom stereocenters. The van der Waals surface area contributed by atoms with E-state index in [2.05, 4.69) is 45.5 Å². The lowest BCUT2D eigenvalue weighted by Crippen LogP contribution is -2.34. The molecule has 4 heteroatoms. The Morgan fingerprint density at radius 3 is 2.28 bits per heavy atom. The van der Waals surface area contributed by atoms with Gasteiger partial charge in [0.15, 0.2) is 0 Å². The predicted molar refractivity (Wildman–Crippen MR) is 117 cm³/mol. The fourth-order valence-corrected chi connectivity index (χ4v) is 3.95. The number of hydrogen-bond donors (Lipinski definition) is 1. The second-order valence-corrected chi connectivity index (χ2v) is 7.69. The lowest BCUT2D eigenvalue weighted by atomic mass is 9.90. The van der Waals surface area contributed by atoms with Crippen LogP contribution in [-0.4, -0.2) is 24.0 Å². The van der Waals surface area contributed by atoms with Crippen LogP contribution in [0.3, 0.4) is 0 Å². The number of carbonyl (C=O) groups is 1. The van der Waals surface area contributed by atoms with Gasteiger partial charge in [0, 0.05) is 31.5 Å². The molecule has 0 spiro atoms. The maximum atomic E-state index is 12.5. The van der Waals surface area contributed by atoms with E-state index in [4.69, 9.17) is 0 Å². The zero-order chi connectivity index (χ0) is 19.9. The number of hydrogen-bond acceptors (Lipinski definition) is 3.